The second kappa shape index (κ2) is 5.07. The summed E-state index contributed by atoms with van der Waals surface area (Å²) < 4.78 is 28.0. The number of carbonyl (C=O) groups is 1. The molecule has 1 unspecified atom stereocenters. The Morgan fingerprint density at radius 1 is 1.43 bits per heavy atom. The van der Waals surface area contributed by atoms with Crippen LogP contribution in [0.1, 0.15) is 16.8 Å². The van der Waals surface area contributed by atoms with Crippen LogP contribution in [0.25, 0.3) is 10.9 Å². The number of fused-ring (bicyclic) bond motifs is 1. The van der Waals surface area contributed by atoms with Crippen molar-refractivity contribution in [3.8, 4) is 5.75 Å². The molecule has 1 amide bonds. The normalized spacial score (nSPS) is 20.5. The molecule has 3 rings (SSSR count). The lowest BCUT2D eigenvalue weighted by atomic mass is 10.1. The number of H-pyrrole nitrogens is 1. The fourth-order valence-electron chi connectivity index (χ4n) is 2.59. The summed E-state index contributed by atoms with van der Waals surface area (Å²) in [5, 5.41) is 3.54. The van der Waals surface area contributed by atoms with E-state index in [1.54, 1.807) is 19.4 Å². The van der Waals surface area contributed by atoms with Crippen molar-refractivity contribution in [2.45, 2.75) is 12.5 Å². The monoisotopic (exact) mass is 308 g/mol. The maximum absolute atomic E-state index is 12.3. The Labute approximate surface area is 122 Å². The average molecular weight is 308 g/mol. The molecule has 6 nitrogen and oxygen atoms in total. The van der Waals surface area contributed by atoms with Gasteiger partial charge < -0.3 is 15.0 Å². The van der Waals surface area contributed by atoms with Gasteiger partial charge in [0.1, 0.15) is 5.75 Å². The lowest BCUT2D eigenvalue weighted by molar-refractivity contribution is 0.0943. The number of nitrogens with one attached hydrogen (secondary N) is 2. The zero-order valence-electron chi connectivity index (χ0n) is 11.5. The van der Waals surface area contributed by atoms with Crippen LogP contribution in [0.5, 0.6) is 5.75 Å². The molecule has 0 radical (unpaired) electrons. The van der Waals surface area contributed by atoms with E-state index in [1.807, 2.05) is 12.1 Å². The highest BCUT2D eigenvalue weighted by molar-refractivity contribution is 7.91. The Balaban J connectivity index is 1.85. The van der Waals surface area contributed by atoms with Gasteiger partial charge in [0, 0.05) is 23.1 Å². The Hall–Kier alpha value is -2.02. The van der Waals surface area contributed by atoms with E-state index < -0.39 is 9.84 Å². The topological polar surface area (TPSA) is 88.3 Å². The van der Waals surface area contributed by atoms with Crippen LogP contribution >= 0.6 is 0 Å². The Kier molecular flexibility index (Phi) is 3.36. The first-order chi connectivity index (χ1) is 9.98. The number of hydrogen-bond acceptors (Lipinski definition) is 4. The minimum absolute atomic E-state index is 0.0183. The molecule has 0 spiro atoms. The summed E-state index contributed by atoms with van der Waals surface area (Å²) in [6, 6.07) is 5.12. The molecule has 7 heteroatoms. The lowest BCUT2D eigenvalue weighted by Gasteiger charge is -2.10. The Morgan fingerprint density at radius 2 is 2.24 bits per heavy atom. The predicted octanol–water partition coefficient (Wildman–Crippen LogP) is 1.09. The molecular weight excluding hydrogens is 292 g/mol. The second-order valence-electron chi connectivity index (χ2n) is 5.19. The van der Waals surface area contributed by atoms with Crippen LogP contribution in [0.4, 0.5) is 0 Å². The average Bonchev–Trinajstić information content (AvgIpc) is 3.01. The van der Waals surface area contributed by atoms with Crippen molar-refractivity contribution in [3.05, 3.63) is 30.0 Å². The summed E-state index contributed by atoms with van der Waals surface area (Å²) in [5.41, 5.74) is 1.33. The number of amides is 1. The summed E-state index contributed by atoms with van der Waals surface area (Å²) in [6.07, 6.45) is 2.10. The van der Waals surface area contributed by atoms with Gasteiger partial charge in [-0.05, 0) is 24.6 Å². The first-order valence-corrected chi connectivity index (χ1v) is 8.47. The van der Waals surface area contributed by atoms with E-state index in [1.165, 1.54) is 0 Å². The zero-order valence-corrected chi connectivity index (χ0v) is 12.4. The first-order valence-electron chi connectivity index (χ1n) is 6.65. The third-order valence-electron chi connectivity index (χ3n) is 3.70. The molecule has 2 heterocycles. The van der Waals surface area contributed by atoms with Gasteiger partial charge >= 0.3 is 0 Å². The van der Waals surface area contributed by atoms with Gasteiger partial charge in [-0.2, -0.15) is 0 Å². The van der Waals surface area contributed by atoms with Crippen LogP contribution in [-0.4, -0.2) is 44.0 Å². The highest BCUT2D eigenvalue weighted by Crippen LogP contribution is 2.24. The van der Waals surface area contributed by atoms with E-state index in [0.717, 1.165) is 10.9 Å². The van der Waals surface area contributed by atoms with E-state index in [-0.39, 0.29) is 23.5 Å². The van der Waals surface area contributed by atoms with Crippen molar-refractivity contribution in [3.63, 3.8) is 0 Å². The summed E-state index contributed by atoms with van der Waals surface area (Å²) in [4.78, 5) is 15.3. The van der Waals surface area contributed by atoms with Crippen molar-refractivity contribution in [1.82, 2.24) is 10.3 Å². The second-order valence-corrected chi connectivity index (χ2v) is 7.42. The van der Waals surface area contributed by atoms with E-state index >= 15 is 0 Å². The summed E-state index contributed by atoms with van der Waals surface area (Å²) in [6.45, 7) is 0. The molecule has 1 fully saturated rings. The van der Waals surface area contributed by atoms with Gasteiger partial charge in [0.05, 0.1) is 24.2 Å². The van der Waals surface area contributed by atoms with Crippen molar-refractivity contribution < 1.29 is 17.9 Å². The van der Waals surface area contributed by atoms with Crippen molar-refractivity contribution >= 4 is 26.6 Å². The molecule has 1 aliphatic rings. The molecule has 112 valence electrons. The standard InChI is InChI=1S/C14H16N2O4S/c1-20-10-2-3-13-11(6-10)12(7-15-13)14(17)16-9-4-5-21(18,19)8-9/h2-3,6-7,9,15H,4-5,8H2,1H3,(H,16,17). The highest BCUT2D eigenvalue weighted by atomic mass is 32.2. The number of sulfone groups is 1. The number of aromatic amines is 1. The fraction of sp³-hybridized carbons (Fsp3) is 0.357. The molecular formula is C14H16N2O4S. The van der Waals surface area contributed by atoms with Gasteiger partial charge in [0.15, 0.2) is 9.84 Å². The number of ether oxygens (including phenoxy) is 1. The molecule has 1 atom stereocenters. The fourth-order valence-corrected chi connectivity index (χ4v) is 4.26. The molecule has 21 heavy (non-hydrogen) atoms. The summed E-state index contributed by atoms with van der Waals surface area (Å²) in [7, 11) is -1.44. The molecule has 0 bridgehead atoms. The van der Waals surface area contributed by atoms with E-state index in [9.17, 15) is 13.2 Å². The zero-order chi connectivity index (χ0) is 15.0. The third-order valence-corrected chi connectivity index (χ3v) is 5.47. The van der Waals surface area contributed by atoms with E-state index in [0.29, 0.717) is 17.7 Å². The van der Waals surface area contributed by atoms with Gasteiger partial charge in [-0.3, -0.25) is 4.79 Å². The number of methoxy groups -OCH3 is 1. The SMILES string of the molecule is COc1ccc2[nH]cc(C(=O)NC3CCS(=O)(=O)C3)c2c1. The lowest BCUT2D eigenvalue weighted by Crippen LogP contribution is -2.35. The molecule has 0 saturated carbocycles. The van der Waals surface area contributed by atoms with E-state index in [2.05, 4.69) is 10.3 Å². The van der Waals surface area contributed by atoms with Crippen LogP contribution in [0.2, 0.25) is 0 Å². The summed E-state index contributed by atoms with van der Waals surface area (Å²) in [5.74, 6) is 0.556. The number of benzene rings is 1. The predicted molar refractivity (Wildman–Crippen MR) is 79.4 cm³/mol. The van der Waals surface area contributed by atoms with Crippen LogP contribution in [0.3, 0.4) is 0 Å². The molecule has 0 aliphatic carbocycles. The highest BCUT2D eigenvalue weighted by Gasteiger charge is 2.29. The third kappa shape index (κ3) is 2.73. The van der Waals surface area contributed by atoms with Crippen LogP contribution in [0.15, 0.2) is 24.4 Å². The van der Waals surface area contributed by atoms with Crippen molar-refractivity contribution in [2.75, 3.05) is 18.6 Å². The van der Waals surface area contributed by atoms with Gasteiger partial charge in [0.25, 0.3) is 5.91 Å². The maximum atomic E-state index is 12.3. The Bertz CT molecular complexity index is 794. The van der Waals surface area contributed by atoms with Crippen LogP contribution in [-0.2, 0) is 9.84 Å². The van der Waals surface area contributed by atoms with Crippen molar-refractivity contribution in [2.24, 2.45) is 0 Å². The number of carbonyl (C=O) groups excluding carboxylic acids is 1. The van der Waals surface area contributed by atoms with Crippen LogP contribution in [0, 0.1) is 0 Å². The molecule has 2 aromatic rings. The van der Waals surface area contributed by atoms with Gasteiger partial charge in [-0.15, -0.1) is 0 Å². The molecule has 1 aliphatic heterocycles. The molecule has 2 N–H and O–H groups in total. The smallest absolute Gasteiger partial charge is 0.253 e. The molecule has 1 saturated heterocycles. The molecule has 1 aromatic carbocycles. The summed E-state index contributed by atoms with van der Waals surface area (Å²) >= 11 is 0. The number of rotatable bonds is 3. The largest absolute Gasteiger partial charge is 0.497 e. The Morgan fingerprint density at radius 3 is 2.90 bits per heavy atom. The van der Waals surface area contributed by atoms with Gasteiger partial charge in [-0.25, -0.2) is 8.42 Å². The van der Waals surface area contributed by atoms with Crippen LogP contribution < -0.4 is 10.1 Å². The quantitative estimate of drug-likeness (QED) is 0.888. The first kappa shape index (κ1) is 13.9. The van der Waals surface area contributed by atoms with Gasteiger partial charge in [0.2, 0.25) is 0 Å². The minimum Gasteiger partial charge on any atom is -0.497 e. The number of hydrogen-bond donors (Lipinski definition) is 2. The van der Waals surface area contributed by atoms with E-state index in [4.69, 9.17) is 4.74 Å². The maximum Gasteiger partial charge on any atom is 0.253 e. The molecule has 1 aromatic heterocycles. The van der Waals surface area contributed by atoms with Gasteiger partial charge in [-0.1, -0.05) is 0 Å². The van der Waals surface area contributed by atoms with Crippen molar-refractivity contribution in [1.29, 1.82) is 0 Å². The minimum atomic E-state index is -3.01. The number of aromatic nitrogens is 1.